The van der Waals surface area contributed by atoms with Crippen LogP contribution in [0.15, 0.2) is 29.4 Å². The highest BCUT2D eigenvalue weighted by Gasteiger charge is 2.30. The highest BCUT2D eigenvalue weighted by atomic mass is 32.2. The van der Waals surface area contributed by atoms with Crippen LogP contribution in [0.4, 0.5) is 13.2 Å². The average molecular weight is 433 g/mol. The fourth-order valence-corrected chi connectivity index (χ4v) is 3.19. The highest BCUT2D eigenvalue weighted by molar-refractivity contribution is 7.99. The summed E-state index contributed by atoms with van der Waals surface area (Å²) in [5, 5.41) is 7.39. The number of rotatable bonds is 4. The number of thioether (sulfide) groups is 1. The van der Waals surface area contributed by atoms with E-state index in [1.54, 1.807) is 4.52 Å². The van der Waals surface area contributed by atoms with Gasteiger partial charge in [-0.15, -0.1) is 5.10 Å². The zero-order chi connectivity index (χ0) is 21.9. The van der Waals surface area contributed by atoms with Gasteiger partial charge in [0.05, 0.1) is 17.9 Å². The van der Waals surface area contributed by atoms with Crippen LogP contribution in [0.3, 0.4) is 0 Å². The van der Waals surface area contributed by atoms with Crippen molar-refractivity contribution in [1.29, 1.82) is 0 Å². The molecule has 1 aromatic carbocycles. The van der Waals surface area contributed by atoms with Crippen molar-refractivity contribution in [2.75, 3.05) is 12.3 Å². The molecule has 0 aliphatic heterocycles. The minimum absolute atomic E-state index is 0.0211. The zero-order valence-corrected chi connectivity index (χ0v) is 17.3. The molecule has 2 heterocycles. The van der Waals surface area contributed by atoms with Gasteiger partial charge in [0.25, 0.3) is 5.78 Å². The maximum atomic E-state index is 12.7. The summed E-state index contributed by atoms with van der Waals surface area (Å²) in [6.45, 7) is 5.81. The molecular weight excluding hydrogens is 415 g/mol. The molecule has 156 valence electrons. The number of hydrogen-bond acceptors (Lipinski definition) is 5. The van der Waals surface area contributed by atoms with E-state index in [0.717, 1.165) is 29.1 Å². The molecule has 0 aliphatic carbocycles. The molecule has 3 rings (SSSR count). The molecule has 10 heteroatoms. The quantitative estimate of drug-likeness (QED) is 0.505. The van der Waals surface area contributed by atoms with Gasteiger partial charge in [-0.25, -0.2) is 9.50 Å². The maximum absolute atomic E-state index is 12.7. The summed E-state index contributed by atoms with van der Waals surface area (Å²) in [7, 11) is 0. The first-order chi connectivity index (χ1) is 14.1. The van der Waals surface area contributed by atoms with E-state index in [-0.39, 0.29) is 23.8 Å². The molecule has 0 unspecified atom stereocenters. The maximum Gasteiger partial charge on any atom is 0.416 e. The molecule has 3 aromatic rings. The van der Waals surface area contributed by atoms with Crippen molar-refractivity contribution in [2.45, 2.75) is 32.1 Å². The first-order valence-corrected chi connectivity index (χ1v) is 9.90. The van der Waals surface area contributed by atoms with Crippen molar-refractivity contribution >= 4 is 23.4 Å². The van der Waals surface area contributed by atoms with Crippen molar-refractivity contribution in [3.63, 3.8) is 0 Å². The number of halogens is 3. The number of benzene rings is 1. The number of aryl methyl sites for hydroxylation is 2. The van der Waals surface area contributed by atoms with Crippen molar-refractivity contribution < 1.29 is 18.0 Å². The number of nitrogens with zero attached hydrogens (tertiary/aromatic N) is 4. The number of hydrogen-bond donors (Lipinski definition) is 1. The molecule has 0 aliphatic rings. The van der Waals surface area contributed by atoms with Gasteiger partial charge in [-0.05, 0) is 44.5 Å². The van der Waals surface area contributed by atoms with Gasteiger partial charge in [0.15, 0.2) is 0 Å². The largest absolute Gasteiger partial charge is 0.416 e. The third-order valence-electron chi connectivity index (χ3n) is 4.37. The van der Waals surface area contributed by atoms with E-state index in [4.69, 9.17) is 0 Å². The van der Waals surface area contributed by atoms with Gasteiger partial charge in [0, 0.05) is 17.0 Å². The topological polar surface area (TPSA) is 72.2 Å². The second-order valence-electron chi connectivity index (χ2n) is 6.46. The van der Waals surface area contributed by atoms with Crippen LogP contribution in [0.2, 0.25) is 0 Å². The first-order valence-electron chi connectivity index (χ1n) is 8.91. The van der Waals surface area contributed by atoms with Gasteiger partial charge < -0.3 is 5.32 Å². The first kappa shape index (κ1) is 21.6. The average Bonchev–Trinajstić information content (AvgIpc) is 3.10. The Bertz CT molecular complexity index is 1160. The van der Waals surface area contributed by atoms with Crippen LogP contribution in [0.25, 0.3) is 5.78 Å². The van der Waals surface area contributed by atoms with Crippen molar-refractivity contribution in [2.24, 2.45) is 0 Å². The fourth-order valence-electron chi connectivity index (χ4n) is 2.54. The Morgan fingerprint density at radius 2 is 2.00 bits per heavy atom. The van der Waals surface area contributed by atoms with E-state index in [2.05, 4.69) is 32.2 Å². The van der Waals surface area contributed by atoms with Gasteiger partial charge in [0.1, 0.15) is 0 Å². The molecule has 0 bridgehead atoms. The molecule has 0 saturated carbocycles. The smallest absolute Gasteiger partial charge is 0.344 e. The lowest BCUT2D eigenvalue weighted by Crippen LogP contribution is -2.25. The van der Waals surface area contributed by atoms with E-state index in [0.29, 0.717) is 10.9 Å². The van der Waals surface area contributed by atoms with E-state index in [1.807, 2.05) is 20.8 Å². The van der Waals surface area contributed by atoms with Crippen LogP contribution in [0.5, 0.6) is 0 Å². The number of amides is 1. The van der Waals surface area contributed by atoms with E-state index in [1.165, 1.54) is 23.9 Å². The highest BCUT2D eigenvalue weighted by Crippen LogP contribution is 2.29. The molecule has 30 heavy (non-hydrogen) atoms. The molecule has 0 spiro atoms. The van der Waals surface area contributed by atoms with E-state index in [9.17, 15) is 18.0 Å². The molecule has 1 N–H and O–H groups in total. The Balaban J connectivity index is 1.54. The normalized spacial score (nSPS) is 11.3. The van der Waals surface area contributed by atoms with Crippen molar-refractivity contribution in [3.8, 4) is 11.8 Å². The number of carbonyl (C=O) groups excluding carboxylic acids is 1. The molecule has 0 atom stereocenters. The van der Waals surface area contributed by atoms with E-state index >= 15 is 0 Å². The van der Waals surface area contributed by atoms with Crippen LogP contribution < -0.4 is 5.32 Å². The number of aromatic nitrogens is 4. The Labute approximate surface area is 175 Å². The second kappa shape index (κ2) is 8.75. The Kier molecular flexibility index (Phi) is 6.31. The minimum atomic E-state index is -4.42. The SMILES string of the molecule is Cc1nc2nc(SCC(=O)NCC#Cc3cccc(C(F)(F)F)c3)nn2c(C)c1C. The lowest BCUT2D eigenvalue weighted by atomic mass is 10.1. The lowest BCUT2D eigenvalue weighted by Gasteiger charge is -2.05. The Morgan fingerprint density at radius 1 is 1.23 bits per heavy atom. The molecule has 6 nitrogen and oxygen atoms in total. The minimum Gasteiger partial charge on any atom is -0.344 e. The number of alkyl halides is 3. The van der Waals surface area contributed by atoms with E-state index < -0.39 is 11.7 Å². The van der Waals surface area contributed by atoms with Gasteiger partial charge in [0.2, 0.25) is 11.1 Å². The Morgan fingerprint density at radius 3 is 2.73 bits per heavy atom. The van der Waals surface area contributed by atoms with Crippen LogP contribution in [0.1, 0.15) is 28.1 Å². The lowest BCUT2D eigenvalue weighted by molar-refractivity contribution is -0.137. The van der Waals surface area contributed by atoms with Crippen LogP contribution >= 0.6 is 11.8 Å². The molecule has 0 radical (unpaired) electrons. The van der Waals surface area contributed by atoms with Crippen LogP contribution in [-0.2, 0) is 11.0 Å². The second-order valence-corrected chi connectivity index (χ2v) is 7.40. The summed E-state index contributed by atoms with van der Waals surface area (Å²) in [6, 6.07) is 4.73. The zero-order valence-electron chi connectivity index (χ0n) is 16.5. The van der Waals surface area contributed by atoms with Crippen LogP contribution in [-0.4, -0.2) is 37.8 Å². The molecule has 2 aromatic heterocycles. The molecule has 0 saturated heterocycles. The number of fused-ring (bicyclic) bond motifs is 1. The third-order valence-corrected chi connectivity index (χ3v) is 5.21. The summed E-state index contributed by atoms with van der Waals surface area (Å²) >= 11 is 1.17. The third kappa shape index (κ3) is 5.10. The van der Waals surface area contributed by atoms with Gasteiger partial charge in [-0.2, -0.15) is 18.2 Å². The predicted octanol–water partition coefficient (Wildman–Crippen LogP) is 3.33. The fraction of sp³-hybridized carbons (Fsp3) is 0.300. The molecular formula is C20H18F3N5OS. The summed E-state index contributed by atoms with van der Waals surface area (Å²) in [5.41, 5.74) is 2.31. The molecule has 0 fully saturated rings. The number of nitrogens with one attached hydrogen (secondary N) is 1. The van der Waals surface area contributed by atoms with Gasteiger partial charge in [-0.1, -0.05) is 29.7 Å². The predicted molar refractivity (Wildman–Crippen MR) is 107 cm³/mol. The van der Waals surface area contributed by atoms with Gasteiger partial charge >= 0.3 is 6.18 Å². The van der Waals surface area contributed by atoms with Gasteiger partial charge in [-0.3, -0.25) is 4.79 Å². The van der Waals surface area contributed by atoms with Crippen molar-refractivity contribution in [3.05, 3.63) is 52.3 Å². The summed E-state index contributed by atoms with van der Waals surface area (Å²) in [5.74, 6) is 5.54. The standard InChI is InChI=1S/C20H18F3N5OS/c1-12-13(2)25-18-26-19(27-28(18)14(12)3)30-11-17(29)24-9-5-7-15-6-4-8-16(10-15)20(21,22)23/h4,6,8,10H,9,11H2,1-3H3,(H,24,29). The number of carbonyl (C=O) groups is 1. The molecule has 1 amide bonds. The summed E-state index contributed by atoms with van der Waals surface area (Å²) in [6.07, 6.45) is -4.42. The summed E-state index contributed by atoms with van der Waals surface area (Å²) < 4.78 is 39.7. The monoisotopic (exact) mass is 433 g/mol. The van der Waals surface area contributed by atoms with Crippen LogP contribution in [0, 0.1) is 32.6 Å². The van der Waals surface area contributed by atoms with Crippen molar-refractivity contribution in [1.82, 2.24) is 24.9 Å². The Hall–Kier alpha value is -3.06. The summed E-state index contributed by atoms with van der Waals surface area (Å²) in [4.78, 5) is 20.7.